The molecule has 29 heavy (non-hydrogen) atoms. The molecular weight excluding hydrogens is 382 g/mol. The molecule has 1 aliphatic rings. The molecule has 1 N–H and O–H groups in total. The van der Waals surface area contributed by atoms with Crippen molar-refractivity contribution in [3.63, 3.8) is 0 Å². The molecule has 0 unspecified atom stereocenters. The zero-order chi connectivity index (χ0) is 20.5. The normalized spacial score (nSPS) is 12.9. The molecule has 1 aliphatic heterocycles. The van der Waals surface area contributed by atoms with Crippen LogP contribution in [0.25, 0.3) is 5.69 Å². The third-order valence-electron chi connectivity index (χ3n) is 5.08. The third kappa shape index (κ3) is 3.90. The summed E-state index contributed by atoms with van der Waals surface area (Å²) in [5.74, 6) is 3.11. The van der Waals surface area contributed by atoms with E-state index in [1.165, 1.54) is 5.56 Å². The Morgan fingerprint density at radius 3 is 2.62 bits per heavy atom. The van der Waals surface area contributed by atoms with Crippen LogP contribution in [-0.2, 0) is 11.5 Å². The van der Waals surface area contributed by atoms with Crippen LogP contribution in [0.3, 0.4) is 0 Å². The number of hydrogen-bond acceptors (Lipinski definition) is 4. The van der Waals surface area contributed by atoms with E-state index in [-0.39, 0.29) is 12.0 Å². The predicted molar refractivity (Wildman–Crippen MR) is 118 cm³/mol. The number of carbonyl (C=O) groups excluding carboxylic acids is 1. The van der Waals surface area contributed by atoms with Crippen molar-refractivity contribution in [3.05, 3.63) is 70.4 Å². The van der Waals surface area contributed by atoms with E-state index in [0.717, 1.165) is 45.6 Å². The number of nitrogens with zero attached hydrogens (tertiary/aromatic N) is 2. The van der Waals surface area contributed by atoms with Gasteiger partial charge in [0.1, 0.15) is 11.6 Å². The van der Waals surface area contributed by atoms with Crippen molar-refractivity contribution in [2.75, 3.05) is 5.32 Å². The summed E-state index contributed by atoms with van der Waals surface area (Å²) in [6.45, 7) is 8.14. The van der Waals surface area contributed by atoms with Crippen molar-refractivity contribution in [2.24, 2.45) is 0 Å². The zero-order valence-electron chi connectivity index (χ0n) is 17.2. The smallest absolute Gasteiger partial charge is 0.256 e. The number of amides is 1. The van der Waals surface area contributed by atoms with Gasteiger partial charge in [-0.25, -0.2) is 4.68 Å². The maximum Gasteiger partial charge on any atom is 0.256 e. The molecule has 5 nitrogen and oxygen atoms in total. The molecule has 4 rings (SSSR count). The molecule has 0 saturated carbocycles. The first-order valence-electron chi connectivity index (χ1n) is 9.77. The van der Waals surface area contributed by atoms with Gasteiger partial charge >= 0.3 is 0 Å². The number of thioether (sulfide) groups is 1. The molecule has 6 heteroatoms. The summed E-state index contributed by atoms with van der Waals surface area (Å²) in [5, 5.41) is 7.94. The minimum Gasteiger partial charge on any atom is -0.491 e. The van der Waals surface area contributed by atoms with Gasteiger partial charge in [0.25, 0.3) is 5.91 Å². The zero-order valence-corrected chi connectivity index (χ0v) is 18.0. The van der Waals surface area contributed by atoms with Gasteiger partial charge in [-0.2, -0.15) is 16.9 Å². The van der Waals surface area contributed by atoms with Crippen molar-refractivity contribution in [1.82, 2.24) is 9.78 Å². The van der Waals surface area contributed by atoms with Crippen molar-refractivity contribution < 1.29 is 9.53 Å². The molecule has 0 aliphatic carbocycles. The Morgan fingerprint density at radius 2 is 1.90 bits per heavy atom. The largest absolute Gasteiger partial charge is 0.491 e. The summed E-state index contributed by atoms with van der Waals surface area (Å²) in [5.41, 5.74) is 6.11. The highest BCUT2D eigenvalue weighted by molar-refractivity contribution is 7.98. The maximum absolute atomic E-state index is 13.0. The summed E-state index contributed by atoms with van der Waals surface area (Å²) in [7, 11) is 0. The van der Waals surface area contributed by atoms with Crippen LogP contribution in [0.15, 0.2) is 42.5 Å². The SMILES string of the molecule is Cc1cccc(-n2nc3c(c2NC(=O)c2ccc(OC(C)C)cc2)CSC3)c1C. The number of fused-ring (bicyclic) bond motifs is 1. The Kier molecular flexibility index (Phi) is 5.37. The molecule has 2 aromatic carbocycles. The lowest BCUT2D eigenvalue weighted by Gasteiger charge is -2.14. The quantitative estimate of drug-likeness (QED) is 0.625. The molecule has 0 bridgehead atoms. The fourth-order valence-corrected chi connectivity index (χ4v) is 4.45. The summed E-state index contributed by atoms with van der Waals surface area (Å²) in [4.78, 5) is 13.0. The second kappa shape index (κ2) is 7.95. The molecule has 0 saturated heterocycles. The van der Waals surface area contributed by atoms with Crippen molar-refractivity contribution in [2.45, 2.75) is 45.3 Å². The first-order valence-corrected chi connectivity index (χ1v) is 10.9. The molecule has 1 amide bonds. The number of hydrogen-bond donors (Lipinski definition) is 1. The van der Waals surface area contributed by atoms with Gasteiger partial charge < -0.3 is 10.1 Å². The van der Waals surface area contributed by atoms with Crippen LogP contribution >= 0.6 is 11.8 Å². The molecule has 0 atom stereocenters. The van der Waals surface area contributed by atoms with Gasteiger partial charge in [0, 0.05) is 22.6 Å². The van der Waals surface area contributed by atoms with Crippen molar-refractivity contribution >= 4 is 23.5 Å². The number of ether oxygens (including phenoxy) is 1. The lowest BCUT2D eigenvalue weighted by Crippen LogP contribution is -2.17. The van der Waals surface area contributed by atoms with E-state index >= 15 is 0 Å². The Hall–Kier alpha value is -2.73. The fourth-order valence-electron chi connectivity index (χ4n) is 3.42. The van der Waals surface area contributed by atoms with Crippen LogP contribution in [-0.4, -0.2) is 21.8 Å². The average molecular weight is 408 g/mol. The highest BCUT2D eigenvalue weighted by atomic mass is 32.2. The van der Waals surface area contributed by atoms with Crippen molar-refractivity contribution in [1.29, 1.82) is 0 Å². The summed E-state index contributed by atoms with van der Waals surface area (Å²) < 4.78 is 7.56. The molecule has 3 aromatic rings. The van der Waals surface area contributed by atoms with Gasteiger partial charge in [-0.05, 0) is 69.2 Å². The number of rotatable bonds is 5. The Labute approximate surface area is 175 Å². The van der Waals surface area contributed by atoms with Crippen LogP contribution < -0.4 is 10.1 Å². The standard InChI is InChI=1S/C23H25N3O2S/c1-14(2)28-18-10-8-17(9-11-18)23(27)24-22-19-12-29-13-20(19)25-26(22)21-7-5-6-15(3)16(21)4/h5-11,14H,12-13H2,1-4H3,(H,24,27). The lowest BCUT2D eigenvalue weighted by atomic mass is 10.1. The fraction of sp³-hybridized carbons (Fsp3) is 0.304. The van der Waals surface area contributed by atoms with E-state index in [0.29, 0.717) is 5.56 Å². The Morgan fingerprint density at radius 1 is 1.14 bits per heavy atom. The van der Waals surface area contributed by atoms with Gasteiger partial charge in [0.05, 0.1) is 17.5 Å². The number of aromatic nitrogens is 2. The van der Waals surface area contributed by atoms with Crippen LogP contribution in [0.1, 0.15) is 46.6 Å². The van der Waals surface area contributed by atoms with Gasteiger partial charge in [-0.3, -0.25) is 4.79 Å². The van der Waals surface area contributed by atoms with E-state index in [1.807, 2.05) is 54.6 Å². The summed E-state index contributed by atoms with van der Waals surface area (Å²) in [6, 6.07) is 13.4. The van der Waals surface area contributed by atoms with Gasteiger partial charge in [-0.1, -0.05) is 12.1 Å². The highest BCUT2D eigenvalue weighted by Crippen LogP contribution is 2.37. The topological polar surface area (TPSA) is 56.2 Å². The van der Waals surface area contributed by atoms with E-state index in [9.17, 15) is 4.79 Å². The van der Waals surface area contributed by atoms with E-state index < -0.39 is 0 Å². The van der Waals surface area contributed by atoms with E-state index in [4.69, 9.17) is 9.84 Å². The number of aryl methyl sites for hydroxylation is 1. The van der Waals surface area contributed by atoms with Crippen LogP contribution in [0.5, 0.6) is 5.75 Å². The summed E-state index contributed by atoms with van der Waals surface area (Å²) in [6.07, 6.45) is 0.0988. The third-order valence-corrected chi connectivity index (χ3v) is 6.05. The number of anilines is 1. The minimum atomic E-state index is -0.146. The predicted octanol–water partition coefficient (Wildman–Crippen LogP) is 5.28. The monoisotopic (exact) mass is 407 g/mol. The number of carbonyl (C=O) groups is 1. The van der Waals surface area contributed by atoms with Crippen LogP contribution in [0, 0.1) is 13.8 Å². The van der Waals surface area contributed by atoms with E-state index in [1.54, 1.807) is 12.1 Å². The molecular formula is C23H25N3O2S. The van der Waals surface area contributed by atoms with Crippen molar-refractivity contribution in [3.8, 4) is 11.4 Å². The van der Waals surface area contributed by atoms with Gasteiger partial charge in [0.15, 0.2) is 0 Å². The van der Waals surface area contributed by atoms with Gasteiger partial charge in [0.2, 0.25) is 0 Å². The van der Waals surface area contributed by atoms with Gasteiger partial charge in [-0.15, -0.1) is 0 Å². The first kappa shape index (κ1) is 19.6. The highest BCUT2D eigenvalue weighted by Gasteiger charge is 2.25. The summed E-state index contributed by atoms with van der Waals surface area (Å²) >= 11 is 1.82. The minimum absolute atomic E-state index is 0.0988. The van der Waals surface area contributed by atoms with E-state index in [2.05, 4.69) is 25.2 Å². The molecule has 0 fully saturated rings. The molecule has 0 radical (unpaired) electrons. The number of benzene rings is 2. The van der Waals surface area contributed by atoms with Crippen LogP contribution in [0.2, 0.25) is 0 Å². The lowest BCUT2D eigenvalue weighted by molar-refractivity contribution is 0.102. The number of nitrogens with one attached hydrogen (secondary N) is 1. The second-order valence-corrected chi connectivity index (χ2v) is 8.53. The molecule has 0 spiro atoms. The molecule has 1 aromatic heterocycles. The average Bonchev–Trinajstić information content (AvgIpc) is 3.27. The second-order valence-electron chi connectivity index (χ2n) is 7.54. The molecule has 2 heterocycles. The molecule has 150 valence electrons. The first-order chi connectivity index (χ1) is 13.9. The Bertz CT molecular complexity index is 1050. The van der Waals surface area contributed by atoms with Crippen LogP contribution in [0.4, 0.5) is 5.82 Å². The Balaban J connectivity index is 1.66. The maximum atomic E-state index is 13.0.